The molecule has 0 saturated heterocycles. The Labute approximate surface area is 149 Å². The van der Waals surface area contributed by atoms with E-state index in [1.54, 1.807) is 7.11 Å². The zero-order valence-corrected chi connectivity index (χ0v) is 15.1. The molecular formula is C20H26N2O3. The summed E-state index contributed by atoms with van der Waals surface area (Å²) in [5, 5.41) is 6.22. The van der Waals surface area contributed by atoms with Crippen LogP contribution < -0.4 is 15.4 Å². The van der Waals surface area contributed by atoms with Crippen molar-refractivity contribution in [3.8, 4) is 5.75 Å². The van der Waals surface area contributed by atoms with Crippen molar-refractivity contribution in [2.75, 3.05) is 32.2 Å². The molecule has 2 aromatic carbocycles. The topological polar surface area (TPSA) is 59.6 Å². The number of carbonyl (C=O) groups is 1. The Hall–Kier alpha value is -2.53. The van der Waals surface area contributed by atoms with E-state index in [-0.39, 0.29) is 5.91 Å². The maximum atomic E-state index is 11.9. The highest BCUT2D eigenvalue weighted by Gasteiger charge is 2.06. The van der Waals surface area contributed by atoms with Gasteiger partial charge >= 0.3 is 0 Å². The molecule has 25 heavy (non-hydrogen) atoms. The van der Waals surface area contributed by atoms with Crippen LogP contribution in [0, 0.1) is 6.92 Å². The monoisotopic (exact) mass is 342 g/mol. The molecule has 0 aliphatic rings. The molecule has 2 rings (SSSR count). The van der Waals surface area contributed by atoms with E-state index in [4.69, 9.17) is 9.47 Å². The van der Waals surface area contributed by atoms with Gasteiger partial charge in [-0.25, -0.2) is 0 Å². The van der Waals surface area contributed by atoms with Crippen molar-refractivity contribution in [1.82, 2.24) is 5.32 Å². The largest absolute Gasteiger partial charge is 0.491 e. The maximum Gasteiger partial charge on any atom is 0.251 e. The number of ether oxygens (including phenoxy) is 2. The van der Waals surface area contributed by atoms with Crippen LogP contribution in [0.2, 0.25) is 0 Å². The van der Waals surface area contributed by atoms with E-state index in [1.165, 1.54) is 0 Å². The molecule has 1 amide bonds. The van der Waals surface area contributed by atoms with E-state index in [0.29, 0.717) is 31.9 Å². The van der Waals surface area contributed by atoms with Gasteiger partial charge in [0.15, 0.2) is 0 Å². The number of hydrogen-bond acceptors (Lipinski definition) is 4. The molecule has 0 aliphatic heterocycles. The molecule has 0 spiro atoms. The van der Waals surface area contributed by atoms with Gasteiger partial charge in [0.1, 0.15) is 12.4 Å². The first-order valence-corrected chi connectivity index (χ1v) is 8.47. The molecule has 0 aliphatic carbocycles. The van der Waals surface area contributed by atoms with E-state index >= 15 is 0 Å². The molecule has 0 atom stereocenters. The highest BCUT2D eigenvalue weighted by atomic mass is 16.5. The van der Waals surface area contributed by atoms with Crippen LogP contribution in [0.1, 0.15) is 28.4 Å². The van der Waals surface area contributed by atoms with Crippen molar-refractivity contribution in [1.29, 1.82) is 0 Å². The fourth-order valence-electron chi connectivity index (χ4n) is 2.41. The summed E-state index contributed by atoms with van der Waals surface area (Å²) in [5.74, 6) is 0.796. The molecule has 0 saturated carbocycles. The number of carbonyl (C=O) groups excluding carboxylic acids is 1. The third-order valence-corrected chi connectivity index (χ3v) is 3.79. The van der Waals surface area contributed by atoms with Crippen LogP contribution >= 0.6 is 0 Å². The van der Waals surface area contributed by atoms with Crippen molar-refractivity contribution < 1.29 is 14.3 Å². The first-order valence-electron chi connectivity index (χ1n) is 8.47. The van der Waals surface area contributed by atoms with Crippen LogP contribution in [0.4, 0.5) is 5.69 Å². The second kappa shape index (κ2) is 9.69. The number of amides is 1. The van der Waals surface area contributed by atoms with Crippen LogP contribution in [0.15, 0.2) is 42.5 Å². The summed E-state index contributed by atoms with van der Waals surface area (Å²) >= 11 is 0. The highest BCUT2D eigenvalue weighted by Crippen LogP contribution is 2.18. The average molecular weight is 342 g/mol. The van der Waals surface area contributed by atoms with E-state index in [9.17, 15) is 4.79 Å². The summed E-state index contributed by atoms with van der Waals surface area (Å²) in [6.45, 7) is 6.37. The Bertz CT molecular complexity index is 684. The standard InChI is InChI=1S/C20H26N2O3/c1-4-21-20(23)17-7-10-19(15(2)13-17)22-14-16-5-8-18(9-6-16)25-12-11-24-3/h5-10,13,22H,4,11-12,14H2,1-3H3,(H,21,23). The lowest BCUT2D eigenvalue weighted by atomic mass is 10.1. The minimum Gasteiger partial charge on any atom is -0.491 e. The number of anilines is 1. The van der Waals surface area contributed by atoms with Crippen molar-refractivity contribution in [3.05, 3.63) is 59.2 Å². The smallest absolute Gasteiger partial charge is 0.251 e. The van der Waals surface area contributed by atoms with Gasteiger partial charge in [-0.2, -0.15) is 0 Å². The molecule has 5 heteroatoms. The molecule has 2 aromatic rings. The van der Waals surface area contributed by atoms with Gasteiger partial charge in [-0.15, -0.1) is 0 Å². The molecule has 0 aromatic heterocycles. The molecule has 0 heterocycles. The lowest BCUT2D eigenvalue weighted by Crippen LogP contribution is -2.22. The normalized spacial score (nSPS) is 10.4. The first kappa shape index (κ1) is 18.8. The third kappa shape index (κ3) is 5.80. The summed E-state index contributed by atoms with van der Waals surface area (Å²) in [7, 11) is 1.66. The maximum absolute atomic E-state index is 11.9. The quantitative estimate of drug-likeness (QED) is 0.686. The number of benzene rings is 2. The Morgan fingerprint density at radius 3 is 2.48 bits per heavy atom. The van der Waals surface area contributed by atoms with Gasteiger partial charge in [0, 0.05) is 31.5 Å². The second-order valence-corrected chi connectivity index (χ2v) is 5.73. The Balaban J connectivity index is 1.91. The van der Waals surface area contributed by atoms with E-state index in [1.807, 2.05) is 56.3 Å². The van der Waals surface area contributed by atoms with Crippen LogP contribution in [0.25, 0.3) is 0 Å². The predicted octanol–water partition coefficient (Wildman–Crippen LogP) is 3.38. The molecule has 0 bridgehead atoms. The number of rotatable bonds is 9. The first-order chi connectivity index (χ1) is 12.1. The predicted molar refractivity (Wildman–Crippen MR) is 100 cm³/mol. The van der Waals surface area contributed by atoms with Crippen LogP contribution in [-0.4, -0.2) is 32.8 Å². The van der Waals surface area contributed by atoms with Crippen molar-refractivity contribution in [2.24, 2.45) is 0 Å². The van der Waals surface area contributed by atoms with Gasteiger partial charge in [-0.3, -0.25) is 4.79 Å². The Morgan fingerprint density at radius 1 is 1.08 bits per heavy atom. The molecule has 0 radical (unpaired) electrons. The number of nitrogens with one attached hydrogen (secondary N) is 2. The van der Waals surface area contributed by atoms with Gasteiger partial charge in [-0.1, -0.05) is 12.1 Å². The third-order valence-electron chi connectivity index (χ3n) is 3.79. The minimum atomic E-state index is -0.0405. The summed E-state index contributed by atoms with van der Waals surface area (Å²) in [6, 6.07) is 13.7. The van der Waals surface area contributed by atoms with Crippen LogP contribution in [0.5, 0.6) is 5.75 Å². The lowest BCUT2D eigenvalue weighted by molar-refractivity contribution is 0.0956. The Kier molecular flexibility index (Phi) is 7.29. The Morgan fingerprint density at radius 2 is 1.84 bits per heavy atom. The van der Waals surface area contributed by atoms with Gasteiger partial charge in [0.2, 0.25) is 0 Å². The van der Waals surface area contributed by atoms with Crippen molar-refractivity contribution in [3.63, 3.8) is 0 Å². The fraction of sp³-hybridized carbons (Fsp3) is 0.350. The van der Waals surface area contributed by atoms with Gasteiger partial charge in [0.25, 0.3) is 5.91 Å². The number of aryl methyl sites for hydroxylation is 1. The SMILES string of the molecule is CCNC(=O)c1ccc(NCc2ccc(OCCOC)cc2)c(C)c1. The molecule has 0 fully saturated rings. The molecule has 2 N–H and O–H groups in total. The van der Waals surface area contributed by atoms with Crippen molar-refractivity contribution in [2.45, 2.75) is 20.4 Å². The van der Waals surface area contributed by atoms with Gasteiger partial charge in [-0.05, 0) is 55.3 Å². The summed E-state index contributed by atoms with van der Waals surface area (Å²) in [4.78, 5) is 11.9. The van der Waals surface area contributed by atoms with Crippen LogP contribution in [0.3, 0.4) is 0 Å². The fourth-order valence-corrected chi connectivity index (χ4v) is 2.41. The van der Waals surface area contributed by atoms with Crippen molar-refractivity contribution >= 4 is 11.6 Å². The summed E-state index contributed by atoms with van der Waals surface area (Å²) in [5.41, 5.74) is 3.91. The molecule has 134 valence electrons. The van der Waals surface area contributed by atoms with Gasteiger partial charge in [0.05, 0.1) is 6.61 Å². The van der Waals surface area contributed by atoms with E-state index in [0.717, 1.165) is 22.6 Å². The molecular weight excluding hydrogens is 316 g/mol. The highest BCUT2D eigenvalue weighted by molar-refractivity contribution is 5.94. The summed E-state index contributed by atoms with van der Waals surface area (Å²) in [6.07, 6.45) is 0. The zero-order chi connectivity index (χ0) is 18.1. The molecule has 5 nitrogen and oxygen atoms in total. The van der Waals surface area contributed by atoms with E-state index < -0.39 is 0 Å². The minimum absolute atomic E-state index is 0.0405. The van der Waals surface area contributed by atoms with E-state index in [2.05, 4.69) is 10.6 Å². The second-order valence-electron chi connectivity index (χ2n) is 5.73. The number of methoxy groups -OCH3 is 1. The number of hydrogen-bond donors (Lipinski definition) is 2. The average Bonchev–Trinajstić information content (AvgIpc) is 2.62. The lowest BCUT2D eigenvalue weighted by Gasteiger charge is -2.12. The summed E-state index contributed by atoms with van der Waals surface area (Å²) < 4.78 is 10.5. The van der Waals surface area contributed by atoms with Crippen LogP contribution in [-0.2, 0) is 11.3 Å². The zero-order valence-electron chi connectivity index (χ0n) is 15.1. The van der Waals surface area contributed by atoms with Gasteiger partial charge < -0.3 is 20.1 Å². The molecule has 0 unspecified atom stereocenters.